The Hall–Kier alpha value is -1.05. The van der Waals surface area contributed by atoms with E-state index in [1.165, 1.54) is 11.3 Å². The van der Waals surface area contributed by atoms with E-state index in [1.807, 2.05) is 7.05 Å². The number of carboxylic acid groups (broad SMARTS) is 1. The smallest absolute Gasteiger partial charge is 0.352 e. The first-order chi connectivity index (χ1) is 9.97. The molecule has 2 aliphatic rings. The highest BCUT2D eigenvalue weighted by molar-refractivity contribution is 8.00. The molecule has 6 nitrogen and oxygen atoms in total. The lowest BCUT2D eigenvalue weighted by Crippen LogP contribution is -2.68. The van der Waals surface area contributed by atoms with Gasteiger partial charge in [-0.3, -0.25) is 9.69 Å². The van der Waals surface area contributed by atoms with Crippen molar-refractivity contribution in [1.82, 2.24) is 9.80 Å². The van der Waals surface area contributed by atoms with Crippen LogP contribution in [0.25, 0.3) is 0 Å². The standard InChI is InChI=1S/C14H23N3O3S/c1-3-4-5-6-16(2)7-9-8-21-13-10(15)12(18)17(13)11(9)14(19)20/h10,13H,3-8,15H2,1-2H3,(H,19,20)/t10-,13-/m1/s1. The molecule has 118 valence electrons. The lowest BCUT2D eigenvalue weighted by molar-refractivity contribution is -0.148. The van der Waals surface area contributed by atoms with E-state index in [0.29, 0.717) is 12.3 Å². The number of thioether (sulfide) groups is 1. The Kier molecular flexibility index (Phi) is 5.29. The summed E-state index contributed by atoms with van der Waals surface area (Å²) in [5.74, 6) is -0.685. The van der Waals surface area contributed by atoms with E-state index in [-0.39, 0.29) is 17.0 Å². The van der Waals surface area contributed by atoms with Crippen LogP contribution in [0.3, 0.4) is 0 Å². The van der Waals surface area contributed by atoms with Gasteiger partial charge in [0.1, 0.15) is 17.1 Å². The fourth-order valence-electron chi connectivity index (χ4n) is 2.74. The van der Waals surface area contributed by atoms with Crippen molar-refractivity contribution in [2.24, 2.45) is 5.73 Å². The Morgan fingerprint density at radius 3 is 2.86 bits per heavy atom. The minimum Gasteiger partial charge on any atom is -0.477 e. The highest BCUT2D eigenvalue weighted by Crippen LogP contribution is 2.39. The minimum atomic E-state index is -1.03. The van der Waals surface area contributed by atoms with Crippen LogP contribution in [0, 0.1) is 0 Å². The van der Waals surface area contributed by atoms with Crippen molar-refractivity contribution < 1.29 is 14.7 Å². The molecular weight excluding hydrogens is 290 g/mol. The first-order valence-corrected chi connectivity index (χ1v) is 8.36. The molecule has 0 radical (unpaired) electrons. The van der Waals surface area contributed by atoms with Gasteiger partial charge in [0.2, 0.25) is 5.91 Å². The van der Waals surface area contributed by atoms with Crippen molar-refractivity contribution in [3.8, 4) is 0 Å². The molecule has 0 aromatic heterocycles. The second-order valence-corrected chi connectivity index (χ2v) is 6.74. The number of unbranched alkanes of at least 4 members (excludes halogenated alkanes) is 2. The summed E-state index contributed by atoms with van der Waals surface area (Å²) in [6, 6.07) is -0.562. The number of carboxylic acids is 1. The largest absolute Gasteiger partial charge is 0.477 e. The number of rotatable bonds is 7. The number of nitrogens with two attached hydrogens (primary N) is 1. The topological polar surface area (TPSA) is 86.9 Å². The van der Waals surface area contributed by atoms with E-state index in [0.717, 1.165) is 25.0 Å². The predicted octanol–water partition coefficient (Wildman–Crippen LogP) is 0.690. The Balaban J connectivity index is 2.08. The molecule has 2 atom stereocenters. The van der Waals surface area contributed by atoms with E-state index in [1.54, 1.807) is 11.8 Å². The van der Waals surface area contributed by atoms with Crippen LogP contribution in [0.4, 0.5) is 0 Å². The third-order valence-electron chi connectivity index (χ3n) is 3.90. The average Bonchev–Trinajstić information content (AvgIpc) is 2.45. The zero-order chi connectivity index (χ0) is 15.6. The van der Waals surface area contributed by atoms with Crippen LogP contribution in [0.5, 0.6) is 0 Å². The molecule has 7 heteroatoms. The normalized spacial score (nSPS) is 25.1. The zero-order valence-electron chi connectivity index (χ0n) is 12.5. The predicted molar refractivity (Wildman–Crippen MR) is 82.8 cm³/mol. The highest BCUT2D eigenvalue weighted by Gasteiger charge is 2.51. The van der Waals surface area contributed by atoms with Crippen LogP contribution in [-0.2, 0) is 9.59 Å². The van der Waals surface area contributed by atoms with Gasteiger partial charge in [-0.1, -0.05) is 19.8 Å². The number of carbonyl (C=O) groups excluding carboxylic acids is 1. The Morgan fingerprint density at radius 2 is 2.24 bits per heavy atom. The summed E-state index contributed by atoms with van der Waals surface area (Å²) in [5.41, 5.74) is 6.68. The molecule has 1 saturated heterocycles. The highest BCUT2D eigenvalue weighted by atomic mass is 32.2. The van der Waals surface area contributed by atoms with Crippen molar-refractivity contribution in [1.29, 1.82) is 0 Å². The SMILES string of the molecule is CCCCCN(C)CC1=C(C(=O)O)N2C(=O)[C@@H](N)[C@H]2SC1. The molecule has 2 aliphatic heterocycles. The van der Waals surface area contributed by atoms with Crippen molar-refractivity contribution in [3.05, 3.63) is 11.3 Å². The summed E-state index contributed by atoms with van der Waals surface area (Å²) in [4.78, 5) is 26.8. The molecule has 2 rings (SSSR count). The number of hydrogen-bond donors (Lipinski definition) is 2. The molecule has 0 spiro atoms. The fourth-order valence-corrected chi connectivity index (χ4v) is 4.02. The molecule has 0 saturated carbocycles. The molecule has 21 heavy (non-hydrogen) atoms. The first kappa shape index (κ1) is 16.3. The summed E-state index contributed by atoms with van der Waals surface area (Å²) < 4.78 is 0. The molecule has 1 amide bonds. The van der Waals surface area contributed by atoms with Gasteiger partial charge in [-0.15, -0.1) is 11.8 Å². The van der Waals surface area contributed by atoms with Gasteiger partial charge >= 0.3 is 5.97 Å². The van der Waals surface area contributed by atoms with Gasteiger partial charge in [-0.25, -0.2) is 4.79 Å². The minimum absolute atomic E-state index is 0.146. The van der Waals surface area contributed by atoms with Crippen molar-refractivity contribution in [2.45, 2.75) is 37.6 Å². The lowest BCUT2D eigenvalue weighted by Gasteiger charge is -2.48. The summed E-state index contributed by atoms with van der Waals surface area (Å²) in [5, 5.41) is 9.23. The average molecular weight is 313 g/mol. The molecule has 0 aromatic carbocycles. The van der Waals surface area contributed by atoms with Gasteiger partial charge in [-0.2, -0.15) is 0 Å². The molecule has 0 bridgehead atoms. The Bertz CT molecular complexity index is 466. The third kappa shape index (κ3) is 3.25. The van der Waals surface area contributed by atoms with Crippen LogP contribution in [0.2, 0.25) is 0 Å². The van der Waals surface area contributed by atoms with Crippen molar-refractivity contribution >= 4 is 23.6 Å². The van der Waals surface area contributed by atoms with Crippen LogP contribution in [0.15, 0.2) is 11.3 Å². The van der Waals surface area contributed by atoms with Gasteiger partial charge in [0.15, 0.2) is 0 Å². The van der Waals surface area contributed by atoms with E-state index < -0.39 is 12.0 Å². The second kappa shape index (κ2) is 6.81. The summed E-state index contributed by atoms with van der Waals surface area (Å²) >= 11 is 1.56. The maximum atomic E-state index is 11.8. The number of amides is 1. The Morgan fingerprint density at radius 1 is 1.52 bits per heavy atom. The van der Waals surface area contributed by atoms with Gasteiger partial charge in [-0.05, 0) is 25.6 Å². The number of aliphatic carboxylic acids is 1. The quantitative estimate of drug-likeness (QED) is 0.531. The van der Waals surface area contributed by atoms with E-state index in [2.05, 4.69) is 11.8 Å². The number of likely N-dealkylation sites (N-methyl/N-ethyl adjacent to an activating group) is 1. The van der Waals surface area contributed by atoms with Gasteiger partial charge < -0.3 is 15.7 Å². The van der Waals surface area contributed by atoms with Crippen LogP contribution >= 0.6 is 11.8 Å². The van der Waals surface area contributed by atoms with Crippen molar-refractivity contribution in [2.75, 3.05) is 25.9 Å². The summed E-state index contributed by atoms with van der Waals surface area (Å²) in [7, 11) is 1.99. The van der Waals surface area contributed by atoms with Crippen molar-refractivity contribution in [3.63, 3.8) is 0 Å². The monoisotopic (exact) mass is 313 g/mol. The molecule has 0 aromatic rings. The van der Waals surface area contributed by atoms with Gasteiger partial charge in [0.05, 0.1) is 0 Å². The second-order valence-electron chi connectivity index (χ2n) is 5.64. The van der Waals surface area contributed by atoms with Crippen LogP contribution in [0.1, 0.15) is 26.2 Å². The van der Waals surface area contributed by atoms with Crippen LogP contribution < -0.4 is 5.73 Å². The Labute approximate surface area is 129 Å². The third-order valence-corrected chi connectivity index (χ3v) is 5.26. The van der Waals surface area contributed by atoms with E-state index >= 15 is 0 Å². The number of carbonyl (C=O) groups is 2. The molecular formula is C14H23N3O3S. The summed E-state index contributed by atoms with van der Waals surface area (Å²) in [6.45, 7) is 3.68. The van der Waals surface area contributed by atoms with Gasteiger partial charge in [0, 0.05) is 12.3 Å². The molecule has 3 N–H and O–H groups in total. The summed E-state index contributed by atoms with van der Waals surface area (Å²) in [6.07, 6.45) is 3.44. The maximum Gasteiger partial charge on any atom is 0.352 e. The van der Waals surface area contributed by atoms with E-state index in [4.69, 9.17) is 5.73 Å². The molecule has 0 unspecified atom stereocenters. The molecule has 1 fully saturated rings. The number of β-lactam (4-membered cyclic amide) rings is 1. The lowest BCUT2D eigenvalue weighted by atomic mass is 10.0. The molecule has 2 heterocycles. The van der Waals surface area contributed by atoms with Gasteiger partial charge in [0.25, 0.3) is 0 Å². The first-order valence-electron chi connectivity index (χ1n) is 7.31. The molecule has 0 aliphatic carbocycles. The maximum absolute atomic E-state index is 11.8. The number of fused-ring (bicyclic) bond motifs is 1. The number of hydrogen-bond acceptors (Lipinski definition) is 5. The van der Waals surface area contributed by atoms with Crippen LogP contribution in [-0.4, -0.2) is 64.1 Å². The number of nitrogens with zero attached hydrogens (tertiary/aromatic N) is 2. The fraction of sp³-hybridized carbons (Fsp3) is 0.714. The zero-order valence-corrected chi connectivity index (χ0v) is 13.4. The van der Waals surface area contributed by atoms with E-state index in [9.17, 15) is 14.7 Å².